The van der Waals surface area contributed by atoms with Crippen LogP contribution in [-0.4, -0.2) is 54.4 Å². The fraction of sp³-hybridized carbons (Fsp3) is 0.417. The lowest BCUT2D eigenvalue weighted by molar-refractivity contribution is 0.0696. The number of hydrogen-bond donors (Lipinski definition) is 4. The lowest BCUT2D eigenvalue weighted by Gasteiger charge is -2.30. The molecule has 1 fully saturated rings. The summed E-state index contributed by atoms with van der Waals surface area (Å²) in [7, 11) is -1.67. The van der Waals surface area contributed by atoms with Gasteiger partial charge in [-0.3, -0.25) is 0 Å². The van der Waals surface area contributed by atoms with Crippen molar-refractivity contribution in [2.24, 2.45) is 0 Å². The highest BCUT2D eigenvalue weighted by atomic mass is 16.4. The van der Waals surface area contributed by atoms with Crippen LogP contribution < -0.4 is 15.7 Å². The fourth-order valence-corrected chi connectivity index (χ4v) is 2.32. The molecular formula is C12H17BN2O4. The number of carboxylic acids is 1. The molecule has 7 heteroatoms. The Kier molecular flexibility index (Phi) is 4.09. The molecule has 0 amide bonds. The van der Waals surface area contributed by atoms with Crippen LogP contribution in [0, 0.1) is 6.92 Å². The first-order valence-electron chi connectivity index (χ1n) is 6.20. The Balaban J connectivity index is 2.46. The van der Waals surface area contributed by atoms with Gasteiger partial charge >= 0.3 is 13.1 Å². The number of piperazine rings is 1. The van der Waals surface area contributed by atoms with E-state index in [2.05, 4.69) is 5.32 Å². The van der Waals surface area contributed by atoms with Crippen molar-refractivity contribution in [3.8, 4) is 0 Å². The van der Waals surface area contributed by atoms with E-state index in [-0.39, 0.29) is 11.0 Å². The van der Waals surface area contributed by atoms with Gasteiger partial charge < -0.3 is 25.4 Å². The van der Waals surface area contributed by atoms with Crippen molar-refractivity contribution >= 4 is 24.2 Å². The molecule has 0 unspecified atom stereocenters. The Morgan fingerprint density at radius 2 is 1.95 bits per heavy atom. The molecule has 0 aromatic heterocycles. The topological polar surface area (TPSA) is 93.0 Å². The van der Waals surface area contributed by atoms with Crippen molar-refractivity contribution in [2.45, 2.75) is 6.92 Å². The molecule has 0 bridgehead atoms. The maximum atomic E-state index is 11.2. The highest BCUT2D eigenvalue weighted by Gasteiger charge is 2.22. The summed E-state index contributed by atoms with van der Waals surface area (Å²) in [6, 6.07) is 3.24. The van der Waals surface area contributed by atoms with Gasteiger partial charge in [0, 0.05) is 31.9 Å². The van der Waals surface area contributed by atoms with Crippen molar-refractivity contribution in [3.05, 3.63) is 23.3 Å². The van der Waals surface area contributed by atoms with E-state index in [0.29, 0.717) is 11.3 Å². The van der Waals surface area contributed by atoms with Gasteiger partial charge in [-0.2, -0.15) is 0 Å². The predicted molar refractivity (Wildman–Crippen MR) is 73.0 cm³/mol. The second-order valence-electron chi connectivity index (χ2n) is 4.62. The maximum Gasteiger partial charge on any atom is 0.488 e. The molecule has 0 atom stereocenters. The lowest BCUT2D eigenvalue weighted by Crippen LogP contribution is -2.44. The minimum Gasteiger partial charge on any atom is -0.478 e. The highest BCUT2D eigenvalue weighted by molar-refractivity contribution is 6.59. The second kappa shape index (κ2) is 5.60. The van der Waals surface area contributed by atoms with Gasteiger partial charge in [0.15, 0.2) is 0 Å². The van der Waals surface area contributed by atoms with Crippen LogP contribution in [0.4, 0.5) is 5.69 Å². The maximum absolute atomic E-state index is 11.2. The first-order valence-corrected chi connectivity index (χ1v) is 6.20. The van der Waals surface area contributed by atoms with E-state index >= 15 is 0 Å². The average molecular weight is 264 g/mol. The Hall–Kier alpha value is -1.57. The summed E-state index contributed by atoms with van der Waals surface area (Å²) in [5.74, 6) is -1.06. The van der Waals surface area contributed by atoms with E-state index in [1.807, 2.05) is 4.90 Å². The number of carboxylic acid groups (broad SMARTS) is 1. The smallest absolute Gasteiger partial charge is 0.478 e. The van der Waals surface area contributed by atoms with Crippen LogP contribution >= 0.6 is 0 Å². The van der Waals surface area contributed by atoms with Crippen molar-refractivity contribution in [2.75, 3.05) is 31.1 Å². The summed E-state index contributed by atoms with van der Waals surface area (Å²) in [6.07, 6.45) is 0. The zero-order valence-corrected chi connectivity index (χ0v) is 10.8. The van der Waals surface area contributed by atoms with Gasteiger partial charge in [0.2, 0.25) is 0 Å². The SMILES string of the molecule is Cc1c(B(O)O)cc(N2CCNCC2)cc1C(=O)O. The third kappa shape index (κ3) is 2.89. The molecule has 0 radical (unpaired) electrons. The third-order valence-corrected chi connectivity index (χ3v) is 3.42. The molecule has 4 N–H and O–H groups in total. The van der Waals surface area contributed by atoms with E-state index in [1.54, 1.807) is 19.1 Å². The second-order valence-corrected chi connectivity index (χ2v) is 4.62. The van der Waals surface area contributed by atoms with E-state index < -0.39 is 13.1 Å². The number of aromatic carboxylic acids is 1. The molecule has 102 valence electrons. The van der Waals surface area contributed by atoms with E-state index in [4.69, 9.17) is 0 Å². The van der Waals surface area contributed by atoms with Crippen LogP contribution in [-0.2, 0) is 0 Å². The summed E-state index contributed by atoms with van der Waals surface area (Å²) >= 11 is 0. The molecule has 1 aliphatic heterocycles. The van der Waals surface area contributed by atoms with Gasteiger partial charge in [0.25, 0.3) is 0 Å². The molecule has 1 heterocycles. The summed E-state index contributed by atoms with van der Waals surface area (Å²) in [6.45, 7) is 4.77. The van der Waals surface area contributed by atoms with Gasteiger partial charge in [0.1, 0.15) is 0 Å². The largest absolute Gasteiger partial charge is 0.488 e. The molecule has 0 aliphatic carbocycles. The number of carbonyl (C=O) groups is 1. The average Bonchev–Trinajstić information content (AvgIpc) is 2.39. The molecular weight excluding hydrogens is 247 g/mol. The first kappa shape index (κ1) is 13.9. The van der Waals surface area contributed by atoms with Crippen molar-refractivity contribution < 1.29 is 19.9 Å². The van der Waals surface area contributed by atoms with Gasteiger partial charge in [-0.1, -0.05) is 0 Å². The molecule has 0 saturated carbocycles. The van der Waals surface area contributed by atoms with Crippen LogP contribution in [0.2, 0.25) is 0 Å². The van der Waals surface area contributed by atoms with Gasteiger partial charge in [0.05, 0.1) is 5.56 Å². The number of rotatable bonds is 3. The number of benzene rings is 1. The van der Waals surface area contributed by atoms with Gasteiger partial charge in [-0.25, -0.2) is 4.79 Å². The minimum atomic E-state index is -1.67. The first-order chi connectivity index (χ1) is 9.00. The van der Waals surface area contributed by atoms with Crippen LogP contribution in [0.3, 0.4) is 0 Å². The highest BCUT2D eigenvalue weighted by Crippen LogP contribution is 2.19. The molecule has 1 aromatic carbocycles. The van der Waals surface area contributed by atoms with Crippen LogP contribution in [0.1, 0.15) is 15.9 Å². The van der Waals surface area contributed by atoms with Crippen molar-refractivity contribution in [1.29, 1.82) is 0 Å². The van der Waals surface area contributed by atoms with Crippen LogP contribution in [0.25, 0.3) is 0 Å². The van der Waals surface area contributed by atoms with Gasteiger partial charge in [-0.15, -0.1) is 0 Å². The Bertz CT molecular complexity index is 487. The number of hydrogen-bond acceptors (Lipinski definition) is 5. The van der Waals surface area contributed by atoms with Crippen molar-refractivity contribution in [1.82, 2.24) is 5.32 Å². The molecule has 19 heavy (non-hydrogen) atoms. The molecule has 6 nitrogen and oxygen atoms in total. The Morgan fingerprint density at radius 1 is 1.32 bits per heavy atom. The quantitative estimate of drug-likeness (QED) is 0.511. The minimum absolute atomic E-state index is 0.110. The molecule has 1 saturated heterocycles. The Labute approximate surface area is 111 Å². The molecule has 1 aromatic rings. The number of nitrogens with one attached hydrogen (secondary N) is 1. The summed E-state index contributed by atoms with van der Waals surface area (Å²) in [4.78, 5) is 13.3. The van der Waals surface area contributed by atoms with Gasteiger partial charge in [-0.05, 0) is 30.1 Å². The monoisotopic (exact) mass is 264 g/mol. The zero-order valence-electron chi connectivity index (χ0n) is 10.8. The normalized spacial score (nSPS) is 15.4. The summed E-state index contributed by atoms with van der Waals surface area (Å²) in [5.41, 5.74) is 1.46. The molecule has 0 spiro atoms. The predicted octanol–water partition coefficient (Wildman–Crippen LogP) is -1.22. The van der Waals surface area contributed by atoms with Crippen molar-refractivity contribution in [3.63, 3.8) is 0 Å². The third-order valence-electron chi connectivity index (χ3n) is 3.42. The lowest BCUT2D eigenvalue weighted by atomic mass is 9.75. The van der Waals surface area contributed by atoms with Crippen LogP contribution in [0.15, 0.2) is 12.1 Å². The standard InChI is InChI=1S/C12H17BN2O4/c1-8-10(12(16)17)6-9(7-11(8)13(18)19)15-4-2-14-3-5-15/h6-7,14,18-19H,2-5H2,1H3,(H,16,17). The fourth-order valence-electron chi connectivity index (χ4n) is 2.32. The summed E-state index contributed by atoms with van der Waals surface area (Å²) in [5, 5.41) is 31.1. The molecule has 2 rings (SSSR count). The number of nitrogens with zero attached hydrogens (tertiary/aromatic N) is 1. The molecule has 1 aliphatic rings. The van der Waals surface area contributed by atoms with E-state index in [0.717, 1.165) is 26.2 Å². The van der Waals surface area contributed by atoms with E-state index in [1.165, 1.54) is 0 Å². The zero-order chi connectivity index (χ0) is 14.0. The van der Waals surface area contributed by atoms with E-state index in [9.17, 15) is 19.9 Å². The number of anilines is 1. The summed E-state index contributed by atoms with van der Waals surface area (Å²) < 4.78 is 0. The van der Waals surface area contributed by atoms with Crippen LogP contribution in [0.5, 0.6) is 0 Å². The Morgan fingerprint density at radius 3 is 2.47 bits per heavy atom.